The number of aromatic nitrogens is 2. The smallest absolute Gasteiger partial charge is 0.139 e. The highest BCUT2D eigenvalue weighted by Gasteiger charge is 2.04. The van der Waals surface area contributed by atoms with Crippen LogP contribution in [0.1, 0.15) is 12.6 Å². The van der Waals surface area contributed by atoms with Crippen molar-refractivity contribution >= 4 is 5.65 Å². The Hall–Kier alpha value is -1.42. The highest BCUT2D eigenvalue weighted by Crippen LogP contribution is 2.07. The number of halogens is 1. The highest BCUT2D eigenvalue weighted by atomic mass is 19.1. The van der Waals surface area contributed by atoms with Crippen molar-refractivity contribution in [2.45, 2.75) is 19.4 Å². The molecule has 0 saturated heterocycles. The van der Waals surface area contributed by atoms with Gasteiger partial charge >= 0.3 is 0 Å². The van der Waals surface area contributed by atoms with E-state index in [0.29, 0.717) is 6.42 Å². The van der Waals surface area contributed by atoms with E-state index < -0.39 is 0 Å². The molecule has 0 spiro atoms. The largest absolute Gasteiger partial charge is 0.328 e. The fraction of sp³-hybridized carbons (Fsp3) is 0.300. The quantitative estimate of drug-likeness (QED) is 0.782. The Kier molecular flexibility index (Phi) is 2.21. The zero-order valence-electron chi connectivity index (χ0n) is 7.94. The first-order chi connectivity index (χ1) is 6.65. The van der Waals surface area contributed by atoms with Crippen molar-refractivity contribution in [3.05, 3.63) is 36.0 Å². The molecule has 0 bridgehead atoms. The molecule has 1 atom stereocenters. The van der Waals surface area contributed by atoms with Crippen LogP contribution in [0.4, 0.5) is 4.39 Å². The fourth-order valence-corrected chi connectivity index (χ4v) is 1.45. The van der Waals surface area contributed by atoms with Crippen LogP contribution in [0.2, 0.25) is 0 Å². The number of rotatable bonds is 2. The van der Waals surface area contributed by atoms with Gasteiger partial charge in [0, 0.05) is 24.9 Å². The molecule has 0 amide bonds. The van der Waals surface area contributed by atoms with Crippen molar-refractivity contribution in [3.63, 3.8) is 0 Å². The molecule has 0 radical (unpaired) electrons. The van der Waals surface area contributed by atoms with Gasteiger partial charge in [-0.15, -0.1) is 0 Å². The van der Waals surface area contributed by atoms with Crippen molar-refractivity contribution in [1.82, 2.24) is 9.38 Å². The average molecular weight is 193 g/mol. The second-order valence-corrected chi connectivity index (χ2v) is 3.53. The standard InChI is InChI=1S/C10H12FN3/c1-7(12)4-9-6-14-5-8(11)2-3-10(14)13-9/h2-3,5-7H,4,12H2,1H3. The van der Waals surface area contributed by atoms with Crippen molar-refractivity contribution < 1.29 is 4.39 Å². The zero-order chi connectivity index (χ0) is 10.1. The molecule has 2 rings (SSSR count). The van der Waals surface area contributed by atoms with E-state index in [2.05, 4.69) is 4.98 Å². The molecule has 2 aromatic heterocycles. The van der Waals surface area contributed by atoms with Crippen LogP contribution in [0.15, 0.2) is 24.5 Å². The van der Waals surface area contributed by atoms with E-state index in [-0.39, 0.29) is 11.9 Å². The summed E-state index contributed by atoms with van der Waals surface area (Å²) in [5.41, 5.74) is 7.30. The van der Waals surface area contributed by atoms with Crippen molar-refractivity contribution in [2.24, 2.45) is 5.73 Å². The summed E-state index contributed by atoms with van der Waals surface area (Å²) in [4.78, 5) is 4.31. The van der Waals surface area contributed by atoms with E-state index in [0.717, 1.165) is 11.3 Å². The summed E-state index contributed by atoms with van der Waals surface area (Å²) in [7, 11) is 0. The topological polar surface area (TPSA) is 43.3 Å². The number of nitrogens with zero attached hydrogens (tertiary/aromatic N) is 2. The van der Waals surface area contributed by atoms with Crippen molar-refractivity contribution in [1.29, 1.82) is 0 Å². The van der Waals surface area contributed by atoms with Crippen LogP contribution >= 0.6 is 0 Å². The third kappa shape index (κ3) is 1.75. The maximum atomic E-state index is 12.8. The highest BCUT2D eigenvalue weighted by molar-refractivity contribution is 5.39. The molecule has 0 aliphatic heterocycles. The van der Waals surface area contributed by atoms with Gasteiger partial charge in [0.05, 0.1) is 5.69 Å². The third-order valence-corrected chi connectivity index (χ3v) is 2.00. The molecule has 0 fully saturated rings. The maximum absolute atomic E-state index is 12.8. The molecule has 2 N–H and O–H groups in total. The van der Waals surface area contributed by atoms with Gasteiger partial charge in [-0.3, -0.25) is 0 Å². The van der Waals surface area contributed by atoms with Crippen LogP contribution in [-0.2, 0) is 6.42 Å². The maximum Gasteiger partial charge on any atom is 0.139 e. The van der Waals surface area contributed by atoms with E-state index >= 15 is 0 Å². The Morgan fingerprint density at radius 2 is 2.29 bits per heavy atom. The van der Waals surface area contributed by atoms with Gasteiger partial charge in [-0.25, -0.2) is 9.37 Å². The predicted octanol–water partition coefficient (Wildman–Crippen LogP) is 1.36. The molecule has 14 heavy (non-hydrogen) atoms. The Labute approximate surface area is 81.4 Å². The number of nitrogens with two attached hydrogens (primary N) is 1. The molecule has 0 aromatic carbocycles. The fourth-order valence-electron chi connectivity index (χ4n) is 1.45. The lowest BCUT2D eigenvalue weighted by molar-refractivity contribution is 0.619. The molecular weight excluding hydrogens is 181 g/mol. The minimum absolute atomic E-state index is 0.0739. The van der Waals surface area contributed by atoms with Gasteiger partial charge in [0.1, 0.15) is 11.5 Å². The second-order valence-electron chi connectivity index (χ2n) is 3.53. The van der Waals surface area contributed by atoms with Crippen LogP contribution in [0, 0.1) is 5.82 Å². The lowest BCUT2D eigenvalue weighted by Crippen LogP contribution is -2.17. The van der Waals surface area contributed by atoms with Gasteiger partial charge < -0.3 is 10.1 Å². The molecule has 0 aliphatic carbocycles. The van der Waals surface area contributed by atoms with E-state index in [1.54, 1.807) is 10.5 Å². The number of imidazole rings is 1. The summed E-state index contributed by atoms with van der Waals surface area (Å²) in [6, 6.07) is 3.13. The molecule has 2 aromatic rings. The molecule has 4 heteroatoms. The summed E-state index contributed by atoms with van der Waals surface area (Å²) in [6.45, 7) is 1.92. The molecule has 74 valence electrons. The van der Waals surface area contributed by atoms with Gasteiger partial charge in [0.15, 0.2) is 0 Å². The van der Waals surface area contributed by atoms with E-state index in [1.165, 1.54) is 12.3 Å². The minimum atomic E-state index is -0.262. The lowest BCUT2D eigenvalue weighted by atomic mass is 10.2. The van der Waals surface area contributed by atoms with Gasteiger partial charge in [0.25, 0.3) is 0 Å². The SMILES string of the molecule is CC(N)Cc1cn2cc(F)ccc2n1. The molecular formula is C10H12FN3. The van der Waals surface area contributed by atoms with Crippen LogP contribution < -0.4 is 5.73 Å². The molecule has 0 aliphatic rings. The van der Waals surface area contributed by atoms with Crippen molar-refractivity contribution in [3.8, 4) is 0 Å². The van der Waals surface area contributed by atoms with Gasteiger partial charge in [-0.2, -0.15) is 0 Å². The number of fused-ring (bicyclic) bond motifs is 1. The lowest BCUT2D eigenvalue weighted by Gasteiger charge is -1.98. The first-order valence-corrected chi connectivity index (χ1v) is 4.54. The average Bonchev–Trinajstić information content (AvgIpc) is 2.44. The Morgan fingerprint density at radius 1 is 1.50 bits per heavy atom. The summed E-state index contributed by atoms with van der Waals surface area (Å²) < 4.78 is 14.5. The number of hydrogen-bond donors (Lipinski definition) is 1. The Morgan fingerprint density at radius 3 is 3.00 bits per heavy atom. The molecule has 2 heterocycles. The van der Waals surface area contributed by atoms with Gasteiger partial charge in [-0.05, 0) is 19.1 Å². The normalized spacial score (nSPS) is 13.4. The Balaban J connectivity index is 2.41. The zero-order valence-corrected chi connectivity index (χ0v) is 7.94. The molecule has 3 nitrogen and oxygen atoms in total. The predicted molar refractivity (Wildman–Crippen MR) is 52.5 cm³/mol. The van der Waals surface area contributed by atoms with Crippen LogP contribution in [0.3, 0.4) is 0 Å². The number of hydrogen-bond acceptors (Lipinski definition) is 2. The van der Waals surface area contributed by atoms with Crippen molar-refractivity contribution in [2.75, 3.05) is 0 Å². The molecule has 1 unspecified atom stereocenters. The second kappa shape index (κ2) is 3.38. The van der Waals surface area contributed by atoms with E-state index in [9.17, 15) is 4.39 Å². The first kappa shape index (κ1) is 9.15. The van der Waals surface area contributed by atoms with Crippen LogP contribution in [0.25, 0.3) is 5.65 Å². The third-order valence-electron chi connectivity index (χ3n) is 2.00. The molecule has 0 saturated carbocycles. The number of pyridine rings is 1. The van der Waals surface area contributed by atoms with E-state index in [1.807, 2.05) is 13.1 Å². The van der Waals surface area contributed by atoms with Crippen LogP contribution in [0.5, 0.6) is 0 Å². The Bertz CT molecular complexity index is 448. The summed E-state index contributed by atoms with van der Waals surface area (Å²) in [5.74, 6) is -0.262. The summed E-state index contributed by atoms with van der Waals surface area (Å²) in [5, 5.41) is 0. The van der Waals surface area contributed by atoms with Gasteiger partial charge in [-0.1, -0.05) is 0 Å². The van der Waals surface area contributed by atoms with Crippen LogP contribution in [-0.4, -0.2) is 15.4 Å². The first-order valence-electron chi connectivity index (χ1n) is 4.54. The summed E-state index contributed by atoms with van der Waals surface area (Å²) >= 11 is 0. The van der Waals surface area contributed by atoms with Gasteiger partial charge in [0.2, 0.25) is 0 Å². The minimum Gasteiger partial charge on any atom is -0.328 e. The summed E-state index contributed by atoms with van der Waals surface area (Å²) in [6.07, 6.45) is 3.93. The monoisotopic (exact) mass is 193 g/mol. The van der Waals surface area contributed by atoms with E-state index in [4.69, 9.17) is 5.73 Å².